The number of pyridine rings is 1. The van der Waals surface area contributed by atoms with Gasteiger partial charge in [0.1, 0.15) is 35.1 Å². The number of aromatic amines is 1. The van der Waals surface area contributed by atoms with E-state index in [1.165, 1.54) is 0 Å². The zero-order valence-electron chi connectivity index (χ0n) is 13.7. The van der Waals surface area contributed by atoms with Gasteiger partial charge in [0.25, 0.3) is 0 Å². The number of hydrogen-bond acceptors (Lipinski definition) is 5. The van der Waals surface area contributed by atoms with Crippen LogP contribution in [-0.2, 0) is 4.74 Å². The lowest BCUT2D eigenvalue weighted by molar-refractivity contribution is 0.00222. The van der Waals surface area contributed by atoms with Crippen LogP contribution >= 0.6 is 0 Å². The maximum atomic E-state index is 9.49. The molecular weight excluding hydrogens is 316 g/mol. The molecule has 4 rings (SSSR count). The van der Waals surface area contributed by atoms with E-state index in [1.807, 2.05) is 36.5 Å². The van der Waals surface area contributed by atoms with Crippen LogP contribution in [0.2, 0.25) is 0 Å². The number of H-pyrrole nitrogens is 1. The fourth-order valence-electron chi connectivity index (χ4n) is 3.14. The smallest absolute Gasteiger partial charge is 0.142 e. The summed E-state index contributed by atoms with van der Waals surface area (Å²) in [7, 11) is 0. The maximum Gasteiger partial charge on any atom is 0.142 e. The SMILES string of the molecule is N#Cc1c(-c2ccc([C@H]3CCCCO3)o2)cc(-c2ccc[nH]2)nc1N. The lowest BCUT2D eigenvalue weighted by Crippen LogP contribution is -2.10. The fraction of sp³-hybridized carbons (Fsp3) is 0.263. The number of ether oxygens (including phenoxy) is 1. The van der Waals surface area contributed by atoms with Gasteiger partial charge in [0, 0.05) is 18.4 Å². The molecule has 0 spiro atoms. The van der Waals surface area contributed by atoms with Gasteiger partial charge in [-0.05, 0) is 49.6 Å². The highest BCUT2D eigenvalue weighted by atomic mass is 16.5. The average molecular weight is 334 g/mol. The van der Waals surface area contributed by atoms with Crippen LogP contribution in [0, 0.1) is 11.3 Å². The van der Waals surface area contributed by atoms with Crippen molar-refractivity contribution in [3.8, 4) is 28.8 Å². The Bertz CT molecular complexity index is 916. The minimum Gasteiger partial charge on any atom is -0.458 e. The zero-order valence-corrected chi connectivity index (χ0v) is 13.7. The van der Waals surface area contributed by atoms with E-state index >= 15 is 0 Å². The Labute approximate surface area is 145 Å². The van der Waals surface area contributed by atoms with Gasteiger partial charge in [-0.15, -0.1) is 0 Å². The third kappa shape index (κ3) is 2.90. The average Bonchev–Trinajstić information content (AvgIpc) is 3.34. The van der Waals surface area contributed by atoms with E-state index in [0.717, 1.165) is 37.3 Å². The van der Waals surface area contributed by atoms with Crippen LogP contribution in [0.25, 0.3) is 22.7 Å². The molecule has 6 nitrogen and oxygen atoms in total. The Morgan fingerprint density at radius 2 is 2.20 bits per heavy atom. The number of nitrogen functional groups attached to an aromatic ring is 1. The first-order valence-corrected chi connectivity index (χ1v) is 8.32. The highest BCUT2D eigenvalue weighted by Gasteiger charge is 2.22. The summed E-state index contributed by atoms with van der Waals surface area (Å²) in [6, 6.07) is 11.5. The Morgan fingerprint density at radius 3 is 2.92 bits per heavy atom. The maximum absolute atomic E-state index is 9.49. The van der Waals surface area contributed by atoms with E-state index in [2.05, 4.69) is 16.0 Å². The molecule has 3 N–H and O–H groups in total. The monoisotopic (exact) mass is 334 g/mol. The van der Waals surface area contributed by atoms with Crippen LogP contribution in [0.4, 0.5) is 5.82 Å². The zero-order chi connectivity index (χ0) is 17.2. The largest absolute Gasteiger partial charge is 0.458 e. The van der Waals surface area contributed by atoms with Gasteiger partial charge in [0.2, 0.25) is 0 Å². The number of anilines is 1. The van der Waals surface area contributed by atoms with Crippen molar-refractivity contribution in [3.63, 3.8) is 0 Å². The molecule has 4 heterocycles. The molecule has 1 aliphatic heterocycles. The standard InChI is InChI=1S/C19H18N4O2/c20-11-13-12(10-15(23-19(13)21)14-4-3-8-22-14)16-6-7-18(25-16)17-5-1-2-9-24-17/h3-4,6-8,10,17,22H,1-2,5,9H2,(H2,21,23)/t17-/m1/s1. The minimum absolute atomic E-state index is 0.0184. The first-order valence-electron chi connectivity index (χ1n) is 8.32. The molecule has 25 heavy (non-hydrogen) atoms. The molecule has 0 amide bonds. The van der Waals surface area contributed by atoms with E-state index < -0.39 is 0 Å². The van der Waals surface area contributed by atoms with Crippen LogP contribution in [0.5, 0.6) is 0 Å². The number of rotatable bonds is 3. The van der Waals surface area contributed by atoms with Crippen molar-refractivity contribution in [3.05, 3.63) is 47.9 Å². The van der Waals surface area contributed by atoms with Crippen LogP contribution in [-0.4, -0.2) is 16.6 Å². The van der Waals surface area contributed by atoms with Gasteiger partial charge in [-0.25, -0.2) is 4.98 Å². The molecule has 0 unspecified atom stereocenters. The lowest BCUT2D eigenvalue weighted by atomic mass is 10.1. The minimum atomic E-state index is -0.0184. The first-order chi connectivity index (χ1) is 12.3. The van der Waals surface area contributed by atoms with Gasteiger partial charge in [-0.1, -0.05) is 0 Å². The van der Waals surface area contributed by atoms with E-state index in [9.17, 15) is 5.26 Å². The number of nitrogens with one attached hydrogen (secondary N) is 1. The van der Waals surface area contributed by atoms with Gasteiger partial charge < -0.3 is 19.9 Å². The number of hydrogen-bond donors (Lipinski definition) is 2. The summed E-state index contributed by atoms with van der Waals surface area (Å²) < 4.78 is 11.8. The normalized spacial score (nSPS) is 17.3. The second-order valence-corrected chi connectivity index (χ2v) is 6.07. The summed E-state index contributed by atoms with van der Waals surface area (Å²) in [4.78, 5) is 7.43. The Morgan fingerprint density at radius 1 is 1.28 bits per heavy atom. The van der Waals surface area contributed by atoms with Crippen molar-refractivity contribution in [1.29, 1.82) is 5.26 Å². The molecule has 0 radical (unpaired) electrons. The topological polar surface area (TPSA) is 101 Å². The Hall–Kier alpha value is -3.04. The molecule has 6 heteroatoms. The van der Waals surface area contributed by atoms with Gasteiger partial charge in [0.15, 0.2) is 0 Å². The summed E-state index contributed by atoms with van der Waals surface area (Å²) in [5.41, 5.74) is 8.48. The number of nitrogens with two attached hydrogens (primary N) is 1. The van der Waals surface area contributed by atoms with Crippen molar-refractivity contribution in [2.45, 2.75) is 25.4 Å². The van der Waals surface area contributed by atoms with Gasteiger partial charge in [-0.2, -0.15) is 5.26 Å². The van der Waals surface area contributed by atoms with Gasteiger partial charge in [-0.3, -0.25) is 0 Å². The summed E-state index contributed by atoms with van der Waals surface area (Å²) >= 11 is 0. The molecule has 3 aromatic heterocycles. The fourth-order valence-corrected chi connectivity index (χ4v) is 3.14. The van der Waals surface area contributed by atoms with Crippen molar-refractivity contribution in [2.75, 3.05) is 12.3 Å². The van der Waals surface area contributed by atoms with E-state index in [1.54, 1.807) is 0 Å². The Kier molecular flexibility index (Phi) is 4.00. The van der Waals surface area contributed by atoms with Gasteiger partial charge in [0.05, 0.1) is 11.4 Å². The molecule has 126 valence electrons. The van der Waals surface area contributed by atoms with Crippen LogP contribution in [0.15, 0.2) is 40.9 Å². The molecule has 0 aliphatic carbocycles. The van der Waals surface area contributed by atoms with Crippen LogP contribution < -0.4 is 5.73 Å². The van der Waals surface area contributed by atoms with E-state index in [-0.39, 0.29) is 11.9 Å². The first kappa shape index (κ1) is 15.5. The third-order valence-corrected chi connectivity index (χ3v) is 4.42. The summed E-state index contributed by atoms with van der Waals surface area (Å²) in [5, 5.41) is 9.49. The van der Waals surface area contributed by atoms with Crippen molar-refractivity contribution < 1.29 is 9.15 Å². The van der Waals surface area contributed by atoms with Crippen molar-refractivity contribution in [1.82, 2.24) is 9.97 Å². The second kappa shape index (κ2) is 6.46. The van der Waals surface area contributed by atoms with Crippen LogP contribution in [0.1, 0.15) is 36.7 Å². The number of nitriles is 1. The summed E-state index contributed by atoms with van der Waals surface area (Å²) in [6.07, 6.45) is 4.96. The molecule has 3 aromatic rings. The molecule has 1 saturated heterocycles. The van der Waals surface area contributed by atoms with Crippen molar-refractivity contribution in [2.24, 2.45) is 0 Å². The van der Waals surface area contributed by atoms with Crippen LogP contribution in [0.3, 0.4) is 0 Å². The summed E-state index contributed by atoms with van der Waals surface area (Å²) in [6.45, 7) is 0.753. The number of furan rings is 1. The Balaban J connectivity index is 1.76. The molecule has 0 aromatic carbocycles. The third-order valence-electron chi connectivity index (χ3n) is 4.42. The second-order valence-electron chi connectivity index (χ2n) is 6.07. The predicted molar refractivity (Wildman–Crippen MR) is 93.4 cm³/mol. The lowest BCUT2D eigenvalue weighted by Gasteiger charge is -2.20. The highest BCUT2D eigenvalue weighted by Crippen LogP contribution is 2.35. The molecule has 1 fully saturated rings. The number of nitrogens with zero attached hydrogens (tertiary/aromatic N) is 2. The highest BCUT2D eigenvalue weighted by molar-refractivity contribution is 5.77. The predicted octanol–water partition coefficient (Wildman–Crippen LogP) is 4.03. The van der Waals surface area contributed by atoms with Gasteiger partial charge >= 0.3 is 0 Å². The van der Waals surface area contributed by atoms with E-state index in [4.69, 9.17) is 14.9 Å². The van der Waals surface area contributed by atoms with Crippen molar-refractivity contribution >= 4 is 5.82 Å². The quantitative estimate of drug-likeness (QED) is 0.753. The molecular formula is C19H18N4O2. The molecule has 0 saturated carbocycles. The molecule has 1 atom stereocenters. The number of aromatic nitrogens is 2. The molecule has 1 aliphatic rings. The van der Waals surface area contributed by atoms with E-state index in [0.29, 0.717) is 22.6 Å². The molecule has 0 bridgehead atoms. The summed E-state index contributed by atoms with van der Waals surface area (Å²) in [5.74, 6) is 1.58.